The molecule has 0 aromatic heterocycles. The van der Waals surface area contributed by atoms with Crippen molar-refractivity contribution in [1.29, 1.82) is 0 Å². The number of carbonyl (C=O) groups is 1. The van der Waals surface area contributed by atoms with E-state index in [0.29, 0.717) is 0 Å². The highest BCUT2D eigenvalue weighted by Crippen LogP contribution is 2.50. The minimum atomic E-state index is -4.87. The van der Waals surface area contributed by atoms with Crippen LogP contribution in [0.15, 0.2) is 0 Å². The van der Waals surface area contributed by atoms with E-state index in [-0.39, 0.29) is 0 Å². The molecule has 0 unspecified atom stereocenters. The third-order valence-electron chi connectivity index (χ3n) is 1.59. The van der Waals surface area contributed by atoms with Crippen molar-refractivity contribution < 1.29 is 44.7 Å². The van der Waals surface area contributed by atoms with Crippen LogP contribution in [0.3, 0.4) is 0 Å². The fourth-order valence-corrected chi connectivity index (χ4v) is 2.41. The zero-order valence-electron chi connectivity index (χ0n) is 9.68. The average molecular weight is 316 g/mol. The van der Waals surface area contributed by atoms with Crippen LogP contribution in [0.25, 0.3) is 0 Å². The Hall–Kier alpha value is -0.600. The van der Waals surface area contributed by atoms with E-state index in [9.17, 15) is 35.7 Å². The van der Waals surface area contributed by atoms with Crippen LogP contribution in [0.1, 0.15) is 13.3 Å². The second-order valence-corrected chi connectivity index (χ2v) is 5.75. The van der Waals surface area contributed by atoms with Gasteiger partial charge in [0.05, 0.1) is 6.16 Å². The minimum Gasteiger partial charge on any atom is -0.300 e. The smallest absolute Gasteiger partial charge is 0.300 e. The lowest BCUT2D eigenvalue weighted by atomic mass is 10.4. The Bertz CT molecular complexity index is 328. The third-order valence-corrected chi connectivity index (χ3v) is 3.40. The summed E-state index contributed by atoms with van der Waals surface area (Å²) < 4.78 is 90.6. The highest BCUT2D eigenvalue weighted by molar-refractivity contribution is 7.53. The Morgan fingerprint density at radius 2 is 1.37 bits per heavy atom. The van der Waals surface area contributed by atoms with Gasteiger partial charge in [-0.2, -0.15) is 26.3 Å². The average Bonchev–Trinajstić information content (AvgIpc) is 2.19. The number of hydrogen-bond donors (Lipinski definition) is 0. The van der Waals surface area contributed by atoms with Crippen molar-refractivity contribution in [2.45, 2.75) is 25.7 Å². The molecule has 0 aromatic carbocycles. The largest absolute Gasteiger partial charge is 0.412 e. The molecule has 0 aromatic rings. The molecule has 0 spiro atoms. The first-order valence-electron chi connectivity index (χ1n) is 4.84. The lowest BCUT2D eigenvalue weighted by Crippen LogP contribution is -2.21. The summed E-state index contributed by atoms with van der Waals surface area (Å²) in [5.41, 5.74) is 0. The first-order valence-corrected chi connectivity index (χ1v) is 6.57. The summed E-state index contributed by atoms with van der Waals surface area (Å²) in [6.07, 6.45) is -11.1. The predicted octanol–water partition coefficient (Wildman–Crippen LogP) is 3.32. The summed E-state index contributed by atoms with van der Waals surface area (Å²) in [6, 6.07) is 0. The van der Waals surface area contributed by atoms with Crippen LogP contribution in [0, 0.1) is 0 Å². The second kappa shape index (κ2) is 6.71. The molecule has 114 valence electrons. The van der Waals surface area contributed by atoms with Crippen molar-refractivity contribution in [3.63, 3.8) is 0 Å². The molecule has 11 heteroatoms. The van der Waals surface area contributed by atoms with Crippen LogP contribution in [0.2, 0.25) is 0 Å². The molecule has 0 aliphatic rings. The Balaban J connectivity index is 4.62. The van der Waals surface area contributed by atoms with E-state index in [2.05, 4.69) is 9.05 Å². The number of carbonyl (C=O) groups excluding carboxylic acids is 1. The number of ketones is 1. The van der Waals surface area contributed by atoms with Crippen LogP contribution in [-0.2, 0) is 18.4 Å². The molecular formula is C8H11F6O4P. The van der Waals surface area contributed by atoms with Gasteiger partial charge in [-0.1, -0.05) is 0 Å². The first-order chi connectivity index (χ1) is 8.33. The van der Waals surface area contributed by atoms with E-state index in [4.69, 9.17) is 0 Å². The van der Waals surface area contributed by atoms with Gasteiger partial charge in [-0.25, -0.2) is 0 Å². The molecule has 0 saturated heterocycles. The highest BCUT2D eigenvalue weighted by atomic mass is 31.2. The quantitative estimate of drug-likeness (QED) is 0.534. The molecule has 0 N–H and O–H groups in total. The number of alkyl halides is 6. The van der Waals surface area contributed by atoms with Gasteiger partial charge < -0.3 is 4.79 Å². The maximum Gasteiger partial charge on any atom is 0.412 e. The molecule has 4 nitrogen and oxygen atoms in total. The predicted molar refractivity (Wildman–Crippen MR) is 51.8 cm³/mol. The maximum absolute atomic E-state index is 11.9. The molecular weight excluding hydrogens is 305 g/mol. The zero-order chi connectivity index (χ0) is 15.3. The van der Waals surface area contributed by atoms with Crippen molar-refractivity contribution in [3.05, 3.63) is 0 Å². The van der Waals surface area contributed by atoms with Crippen molar-refractivity contribution >= 4 is 13.4 Å². The van der Waals surface area contributed by atoms with Gasteiger partial charge in [0.2, 0.25) is 0 Å². The standard InChI is InChI=1S/C8H11F6O4P/c1-6(15)2-3-19(16,17-4-7(9,10)11)18-5-8(12,13)14/h2-5H2,1H3. The molecule has 0 aliphatic heterocycles. The summed E-state index contributed by atoms with van der Waals surface area (Å²) in [5.74, 6) is -0.563. The zero-order valence-corrected chi connectivity index (χ0v) is 10.6. The fourth-order valence-electron chi connectivity index (χ4n) is 0.804. The first kappa shape index (κ1) is 18.4. The van der Waals surface area contributed by atoms with Gasteiger partial charge in [-0.05, 0) is 6.92 Å². The molecule has 0 fully saturated rings. The van der Waals surface area contributed by atoms with E-state index in [1.165, 1.54) is 0 Å². The topological polar surface area (TPSA) is 52.6 Å². The molecule has 0 saturated carbocycles. The van der Waals surface area contributed by atoms with E-state index in [0.717, 1.165) is 6.92 Å². The van der Waals surface area contributed by atoms with Crippen LogP contribution in [-0.4, -0.2) is 37.5 Å². The lowest BCUT2D eigenvalue weighted by Gasteiger charge is -2.19. The Labute approximate surface area is 104 Å². The van der Waals surface area contributed by atoms with Crippen molar-refractivity contribution in [2.75, 3.05) is 19.4 Å². The summed E-state index contributed by atoms with van der Waals surface area (Å²) in [4.78, 5) is 10.6. The van der Waals surface area contributed by atoms with E-state index < -0.39 is 51.5 Å². The Kier molecular flexibility index (Phi) is 6.50. The monoisotopic (exact) mass is 316 g/mol. The number of halogens is 6. The van der Waals surface area contributed by atoms with Crippen LogP contribution < -0.4 is 0 Å². The van der Waals surface area contributed by atoms with Crippen LogP contribution >= 0.6 is 7.60 Å². The lowest BCUT2D eigenvalue weighted by molar-refractivity contribution is -0.165. The van der Waals surface area contributed by atoms with E-state index in [1.807, 2.05) is 0 Å². The van der Waals surface area contributed by atoms with Crippen molar-refractivity contribution in [2.24, 2.45) is 0 Å². The van der Waals surface area contributed by atoms with Crippen molar-refractivity contribution in [3.8, 4) is 0 Å². The number of rotatable bonds is 7. The van der Waals surface area contributed by atoms with Gasteiger partial charge in [0.15, 0.2) is 13.2 Å². The molecule has 19 heavy (non-hydrogen) atoms. The van der Waals surface area contributed by atoms with Gasteiger partial charge in [-0.3, -0.25) is 13.6 Å². The van der Waals surface area contributed by atoms with E-state index in [1.54, 1.807) is 0 Å². The molecule has 0 rings (SSSR count). The third kappa shape index (κ3) is 11.0. The van der Waals surface area contributed by atoms with Crippen molar-refractivity contribution in [1.82, 2.24) is 0 Å². The second-order valence-electron chi connectivity index (χ2n) is 3.56. The molecule has 0 aliphatic carbocycles. The fraction of sp³-hybridized carbons (Fsp3) is 0.875. The molecule has 0 amide bonds. The van der Waals surface area contributed by atoms with Gasteiger partial charge in [-0.15, -0.1) is 0 Å². The molecule has 0 bridgehead atoms. The molecule has 0 atom stereocenters. The van der Waals surface area contributed by atoms with Gasteiger partial charge >= 0.3 is 19.9 Å². The Morgan fingerprint density at radius 3 is 1.63 bits per heavy atom. The molecule has 0 heterocycles. The van der Waals surface area contributed by atoms with Crippen LogP contribution in [0.5, 0.6) is 0 Å². The van der Waals surface area contributed by atoms with E-state index >= 15 is 0 Å². The van der Waals surface area contributed by atoms with Gasteiger partial charge in [0, 0.05) is 6.42 Å². The summed E-state index contributed by atoms with van der Waals surface area (Å²) in [5, 5.41) is 0. The number of Topliss-reactive ketones (excluding diaryl/α,β-unsaturated/α-hetero) is 1. The normalized spacial score (nSPS) is 13.6. The summed E-state index contributed by atoms with van der Waals surface area (Å²) in [6.45, 7) is -2.99. The minimum absolute atomic E-state index is 0.507. The van der Waals surface area contributed by atoms with Gasteiger partial charge in [0.25, 0.3) is 0 Å². The SMILES string of the molecule is CC(=O)CCP(=O)(OCC(F)(F)F)OCC(F)(F)F. The summed E-state index contributed by atoms with van der Waals surface area (Å²) in [7, 11) is -4.63. The number of hydrogen-bond acceptors (Lipinski definition) is 4. The Morgan fingerprint density at radius 1 is 1.00 bits per heavy atom. The maximum atomic E-state index is 11.9. The summed E-state index contributed by atoms with van der Waals surface area (Å²) >= 11 is 0. The molecule has 0 radical (unpaired) electrons. The van der Waals surface area contributed by atoms with Gasteiger partial charge in [0.1, 0.15) is 5.78 Å². The van der Waals surface area contributed by atoms with Crippen LogP contribution in [0.4, 0.5) is 26.3 Å². The highest BCUT2D eigenvalue weighted by Gasteiger charge is 2.38.